The largest absolute Gasteiger partial charge is 0.394 e. The summed E-state index contributed by atoms with van der Waals surface area (Å²) in [5.41, 5.74) is 2.35. The first-order chi connectivity index (χ1) is 9.19. The Morgan fingerprint density at radius 1 is 1.32 bits per heavy atom. The maximum atomic E-state index is 12.0. The summed E-state index contributed by atoms with van der Waals surface area (Å²) < 4.78 is 0. The van der Waals surface area contributed by atoms with Gasteiger partial charge in [-0.1, -0.05) is 42.0 Å². The Morgan fingerprint density at radius 3 is 2.53 bits per heavy atom. The summed E-state index contributed by atoms with van der Waals surface area (Å²) in [6.07, 6.45) is 6.38. The van der Waals surface area contributed by atoms with Crippen LogP contribution in [0.1, 0.15) is 24.0 Å². The van der Waals surface area contributed by atoms with Crippen LogP contribution in [-0.2, 0) is 11.2 Å². The molecule has 0 fully saturated rings. The van der Waals surface area contributed by atoms with Gasteiger partial charge < -0.3 is 10.4 Å². The molecule has 0 heterocycles. The zero-order chi connectivity index (χ0) is 13.7. The molecule has 0 aromatic heterocycles. The molecule has 0 bridgehead atoms. The zero-order valence-electron chi connectivity index (χ0n) is 11.3. The van der Waals surface area contributed by atoms with Crippen LogP contribution in [-0.4, -0.2) is 23.7 Å². The van der Waals surface area contributed by atoms with Crippen molar-refractivity contribution in [2.45, 2.75) is 32.2 Å². The molecule has 1 aliphatic carbocycles. The fraction of sp³-hybridized carbons (Fsp3) is 0.438. The molecule has 0 saturated heterocycles. The lowest BCUT2D eigenvalue weighted by atomic mass is 10.0. The Balaban J connectivity index is 1.89. The maximum Gasteiger partial charge on any atom is 0.224 e. The van der Waals surface area contributed by atoms with E-state index in [-0.39, 0.29) is 24.5 Å². The van der Waals surface area contributed by atoms with E-state index in [2.05, 4.69) is 5.32 Å². The molecule has 1 amide bonds. The van der Waals surface area contributed by atoms with Crippen LogP contribution in [0.25, 0.3) is 0 Å². The molecule has 102 valence electrons. The SMILES string of the molecule is Cc1ccc(CC(CO)NC(=O)C2CC=CC2)cc1. The quantitative estimate of drug-likeness (QED) is 0.794. The van der Waals surface area contributed by atoms with Gasteiger partial charge in [0.15, 0.2) is 0 Å². The lowest BCUT2D eigenvalue weighted by Gasteiger charge is -2.19. The molecule has 0 spiro atoms. The van der Waals surface area contributed by atoms with Gasteiger partial charge in [0.2, 0.25) is 5.91 Å². The van der Waals surface area contributed by atoms with Crippen molar-refractivity contribution in [2.75, 3.05) is 6.61 Å². The van der Waals surface area contributed by atoms with Crippen LogP contribution < -0.4 is 5.32 Å². The molecule has 1 unspecified atom stereocenters. The summed E-state index contributed by atoms with van der Waals surface area (Å²) in [6.45, 7) is 2.02. The van der Waals surface area contributed by atoms with Gasteiger partial charge in [0.1, 0.15) is 0 Å². The van der Waals surface area contributed by atoms with Crippen molar-refractivity contribution in [3.05, 3.63) is 47.5 Å². The number of hydrogen-bond donors (Lipinski definition) is 2. The minimum absolute atomic E-state index is 0.0280. The number of benzene rings is 1. The van der Waals surface area contributed by atoms with Gasteiger partial charge >= 0.3 is 0 Å². The number of carbonyl (C=O) groups is 1. The molecule has 0 saturated carbocycles. The summed E-state index contributed by atoms with van der Waals surface area (Å²) in [4.78, 5) is 12.0. The normalized spacial score (nSPS) is 16.5. The second-order valence-electron chi connectivity index (χ2n) is 5.22. The first-order valence-electron chi connectivity index (χ1n) is 6.81. The van der Waals surface area contributed by atoms with Crippen molar-refractivity contribution in [3.8, 4) is 0 Å². The van der Waals surface area contributed by atoms with Crippen molar-refractivity contribution in [3.63, 3.8) is 0 Å². The lowest BCUT2D eigenvalue weighted by Crippen LogP contribution is -2.41. The average Bonchev–Trinajstić information content (AvgIpc) is 2.94. The van der Waals surface area contributed by atoms with Crippen molar-refractivity contribution in [1.29, 1.82) is 0 Å². The molecule has 3 heteroatoms. The van der Waals surface area contributed by atoms with E-state index in [1.807, 2.05) is 43.3 Å². The third kappa shape index (κ3) is 3.93. The zero-order valence-corrected chi connectivity index (χ0v) is 11.3. The van der Waals surface area contributed by atoms with Gasteiger partial charge in [-0.25, -0.2) is 0 Å². The lowest BCUT2D eigenvalue weighted by molar-refractivity contribution is -0.125. The molecule has 1 aliphatic rings. The Morgan fingerprint density at radius 2 is 1.95 bits per heavy atom. The van der Waals surface area contributed by atoms with Crippen LogP contribution in [0.4, 0.5) is 0 Å². The predicted molar refractivity (Wildman–Crippen MR) is 75.8 cm³/mol. The second kappa shape index (κ2) is 6.53. The summed E-state index contributed by atoms with van der Waals surface area (Å²) in [7, 11) is 0. The number of rotatable bonds is 5. The van der Waals surface area contributed by atoms with Gasteiger partial charge in [-0.05, 0) is 31.7 Å². The van der Waals surface area contributed by atoms with Gasteiger partial charge in [0, 0.05) is 5.92 Å². The molecule has 1 aromatic rings. The first kappa shape index (κ1) is 13.8. The number of hydrogen-bond acceptors (Lipinski definition) is 2. The number of aliphatic hydroxyl groups excluding tert-OH is 1. The number of carbonyl (C=O) groups excluding carboxylic acids is 1. The van der Waals surface area contributed by atoms with Crippen molar-refractivity contribution in [2.24, 2.45) is 5.92 Å². The predicted octanol–water partition coefficient (Wildman–Crippen LogP) is 1.98. The Bertz CT molecular complexity index is 442. The van der Waals surface area contributed by atoms with E-state index >= 15 is 0 Å². The second-order valence-corrected chi connectivity index (χ2v) is 5.22. The van der Waals surface area contributed by atoms with Crippen LogP contribution in [0.5, 0.6) is 0 Å². The highest BCUT2D eigenvalue weighted by atomic mass is 16.3. The van der Waals surface area contributed by atoms with E-state index in [4.69, 9.17) is 0 Å². The van der Waals surface area contributed by atoms with Gasteiger partial charge in [-0.2, -0.15) is 0 Å². The van der Waals surface area contributed by atoms with E-state index in [0.29, 0.717) is 6.42 Å². The van der Waals surface area contributed by atoms with Crippen molar-refractivity contribution < 1.29 is 9.90 Å². The highest BCUT2D eigenvalue weighted by Crippen LogP contribution is 2.18. The van der Waals surface area contributed by atoms with E-state index in [0.717, 1.165) is 18.4 Å². The number of nitrogens with one attached hydrogen (secondary N) is 1. The van der Waals surface area contributed by atoms with Gasteiger partial charge in [0.05, 0.1) is 12.6 Å². The van der Waals surface area contributed by atoms with Crippen LogP contribution in [0, 0.1) is 12.8 Å². The fourth-order valence-electron chi connectivity index (χ4n) is 2.32. The third-order valence-corrected chi connectivity index (χ3v) is 3.55. The van der Waals surface area contributed by atoms with E-state index in [1.165, 1.54) is 5.56 Å². The van der Waals surface area contributed by atoms with Crippen LogP contribution in [0.2, 0.25) is 0 Å². The Labute approximate surface area is 114 Å². The monoisotopic (exact) mass is 259 g/mol. The van der Waals surface area contributed by atoms with Crippen LogP contribution >= 0.6 is 0 Å². The highest BCUT2D eigenvalue weighted by Gasteiger charge is 2.21. The minimum Gasteiger partial charge on any atom is -0.394 e. The van der Waals surface area contributed by atoms with E-state index < -0.39 is 0 Å². The fourth-order valence-corrected chi connectivity index (χ4v) is 2.32. The van der Waals surface area contributed by atoms with Crippen LogP contribution in [0.15, 0.2) is 36.4 Å². The molecule has 0 aliphatic heterocycles. The molecule has 3 nitrogen and oxygen atoms in total. The summed E-state index contributed by atoms with van der Waals surface area (Å²) in [5, 5.41) is 12.3. The molecule has 2 N–H and O–H groups in total. The summed E-state index contributed by atoms with van der Waals surface area (Å²) >= 11 is 0. The standard InChI is InChI=1S/C16H21NO2/c1-12-6-8-13(9-7-12)10-15(11-18)17-16(19)14-4-2-3-5-14/h2-3,6-9,14-15,18H,4-5,10-11H2,1H3,(H,17,19). The van der Waals surface area contributed by atoms with Gasteiger partial charge in [0.25, 0.3) is 0 Å². The number of allylic oxidation sites excluding steroid dienone is 2. The molecular weight excluding hydrogens is 238 g/mol. The molecular formula is C16H21NO2. The van der Waals surface area contributed by atoms with Crippen molar-refractivity contribution >= 4 is 5.91 Å². The van der Waals surface area contributed by atoms with Crippen LogP contribution in [0.3, 0.4) is 0 Å². The van der Waals surface area contributed by atoms with Gasteiger partial charge in [-0.3, -0.25) is 4.79 Å². The third-order valence-electron chi connectivity index (χ3n) is 3.55. The average molecular weight is 259 g/mol. The first-order valence-corrected chi connectivity index (χ1v) is 6.81. The number of aliphatic hydroxyl groups is 1. The molecule has 19 heavy (non-hydrogen) atoms. The molecule has 1 atom stereocenters. The maximum absolute atomic E-state index is 12.0. The van der Waals surface area contributed by atoms with E-state index in [1.54, 1.807) is 0 Å². The van der Waals surface area contributed by atoms with Crippen molar-refractivity contribution in [1.82, 2.24) is 5.32 Å². The van der Waals surface area contributed by atoms with Gasteiger partial charge in [-0.15, -0.1) is 0 Å². The molecule has 2 rings (SSSR count). The highest BCUT2D eigenvalue weighted by molar-refractivity contribution is 5.79. The summed E-state index contributed by atoms with van der Waals surface area (Å²) in [6, 6.07) is 7.98. The number of aryl methyl sites for hydroxylation is 1. The molecule has 1 aromatic carbocycles. The summed E-state index contributed by atoms with van der Waals surface area (Å²) in [5.74, 6) is 0.100. The Hall–Kier alpha value is -1.61. The minimum atomic E-state index is -0.198. The Kier molecular flexibility index (Phi) is 4.74. The van der Waals surface area contributed by atoms with E-state index in [9.17, 15) is 9.90 Å². The topological polar surface area (TPSA) is 49.3 Å². The number of amides is 1. The smallest absolute Gasteiger partial charge is 0.224 e. The molecule has 0 radical (unpaired) electrons.